The predicted molar refractivity (Wildman–Crippen MR) is 154 cm³/mol. The summed E-state index contributed by atoms with van der Waals surface area (Å²) in [5.41, 5.74) is 3.62. The Morgan fingerprint density at radius 3 is 2.38 bits per heavy atom. The van der Waals surface area contributed by atoms with Gasteiger partial charge >= 0.3 is 0 Å². The number of rotatable bonds is 12. The van der Waals surface area contributed by atoms with E-state index in [1.54, 1.807) is 14.2 Å². The fraction of sp³-hybridized carbons (Fsp3) is 0.290. The lowest BCUT2D eigenvalue weighted by Gasteiger charge is -2.30. The molecule has 5 aromatic rings. The van der Waals surface area contributed by atoms with Crippen molar-refractivity contribution < 1.29 is 9.47 Å². The Labute approximate surface area is 233 Å². The molecule has 0 aliphatic carbocycles. The van der Waals surface area contributed by atoms with E-state index in [1.165, 1.54) is 5.56 Å². The standard InChI is InChI=1S/C31H34N6O3/c1-4-29(30-33-34-35-37(30)17-16-22-8-6-5-7-9-22)36(20-23-10-13-26(39-2)14-11-23)21-25-18-24-12-15-27(40-3)19-28(24)32-31(25)38/h5-15,18-19,29H,4,16-17,20-21H2,1-3H3,(H,32,38). The molecule has 206 valence electrons. The molecule has 9 heteroatoms. The summed E-state index contributed by atoms with van der Waals surface area (Å²) < 4.78 is 12.6. The summed E-state index contributed by atoms with van der Waals surface area (Å²) in [6.45, 7) is 3.82. The van der Waals surface area contributed by atoms with E-state index in [2.05, 4.69) is 44.5 Å². The van der Waals surface area contributed by atoms with Gasteiger partial charge in [-0.2, -0.15) is 0 Å². The van der Waals surface area contributed by atoms with Crippen molar-refractivity contribution in [2.45, 2.75) is 45.4 Å². The molecule has 0 aliphatic heterocycles. The van der Waals surface area contributed by atoms with Crippen LogP contribution in [-0.2, 0) is 26.1 Å². The van der Waals surface area contributed by atoms with Gasteiger partial charge < -0.3 is 14.5 Å². The van der Waals surface area contributed by atoms with E-state index in [1.807, 2.05) is 71.4 Å². The molecule has 5 rings (SSSR count). The maximum Gasteiger partial charge on any atom is 0.252 e. The third-order valence-electron chi connectivity index (χ3n) is 7.19. The molecule has 2 heterocycles. The molecule has 0 fully saturated rings. The van der Waals surface area contributed by atoms with Gasteiger partial charge in [-0.15, -0.1) is 5.10 Å². The van der Waals surface area contributed by atoms with Crippen LogP contribution in [0.2, 0.25) is 0 Å². The van der Waals surface area contributed by atoms with Gasteiger partial charge in [0.05, 0.1) is 25.8 Å². The minimum atomic E-state index is -0.126. The Balaban J connectivity index is 1.47. The van der Waals surface area contributed by atoms with E-state index in [4.69, 9.17) is 9.47 Å². The van der Waals surface area contributed by atoms with Crippen molar-refractivity contribution in [2.75, 3.05) is 14.2 Å². The van der Waals surface area contributed by atoms with Crippen LogP contribution in [0.4, 0.5) is 0 Å². The minimum Gasteiger partial charge on any atom is -0.497 e. The number of benzene rings is 3. The highest BCUT2D eigenvalue weighted by Gasteiger charge is 2.26. The summed E-state index contributed by atoms with van der Waals surface area (Å²) in [5.74, 6) is 2.29. The molecule has 0 radical (unpaired) electrons. The van der Waals surface area contributed by atoms with Crippen molar-refractivity contribution in [2.24, 2.45) is 0 Å². The molecule has 0 bridgehead atoms. The number of methoxy groups -OCH3 is 2. The van der Waals surface area contributed by atoms with Gasteiger partial charge in [-0.05, 0) is 70.1 Å². The van der Waals surface area contributed by atoms with Gasteiger partial charge in [0.15, 0.2) is 5.82 Å². The summed E-state index contributed by atoms with van der Waals surface area (Å²) in [4.78, 5) is 18.5. The number of H-pyrrole nitrogens is 1. The van der Waals surface area contributed by atoms with Gasteiger partial charge in [0.1, 0.15) is 11.5 Å². The normalized spacial score (nSPS) is 12.1. The second kappa shape index (κ2) is 12.6. The maximum absolute atomic E-state index is 13.2. The fourth-order valence-electron chi connectivity index (χ4n) is 5.02. The van der Waals surface area contributed by atoms with E-state index in [9.17, 15) is 4.79 Å². The Kier molecular flexibility index (Phi) is 8.51. The Bertz CT molecular complexity index is 1600. The van der Waals surface area contributed by atoms with Gasteiger partial charge in [-0.1, -0.05) is 49.4 Å². The molecule has 1 atom stereocenters. The van der Waals surface area contributed by atoms with Crippen LogP contribution >= 0.6 is 0 Å². The lowest BCUT2D eigenvalue weighted by atomic mass is 10.1. The number of nitrogens with one attached hydrogen (secondary N) is 1. The van der Waals surface area contributed by atoms with Crippen LogP contribution in [0.5, 0.6) is 11.5 Å². The largest absolute Gasteiger partial charge is 0.497 e. The molecule has 0 saturated heterocycles. The second-order valence-electron chi connectivity index (χ2n) is 9.75. The first kappa shape index (κ1) is 27.1. The van der Waals surface area contributed by atoms with Gasteiger partial charge in [-0.25, -0.2) is 4.68 Å². The summed E-state index contributed by atoms with van der Waals surface area (Å²) in [6, 6.07) is 25.9. The zero-order valence-electron chi connectivity index (χ0n) is 23.1. The molecule has 40 heavy (non-hydrogen) atoms. The first-order valence-electron chi connectivity index (χ1n) is 13.4. The number of hydrogen-bond acceptors (Lipinski definition) is 7. The van der Waals surface area contributed by atoms with Gasteiger partial charge in [0, 0.05) is 31.3 Å². The summed E-state index contributed by atoms with van der Waals surface area (Å²) in [6.07, 6.45) is 1.59. The quantitative estimate of drug-likeness (QED) is 0.241. The van der Waals surface area contributed by atoms with Crippen LogP contribution < -0.4 is 15.0 Å². The SMILES string of the molecule is CCC(c1nnnn1CCc1ccccc1)N(Cc1ccc(OC)cc1)Cc1cc2ccc(OC)cc2[nH]c1=O. The molecule has 0 aliphatic rings. The molecule has 0 amide bonds. The Hall–Kier alpha value is -4.50. The number of aryl methyl sites for hydroxylation is 2. The number of aromatic amines is 1. The van der Waals surface area contributed by atoms with Crippen molar-refractivity contribution in [1.29, 1.82) is 0 Å². The van der Waals surface area contributed by atoms with E-state index in [-0.39, 0.29) is 11.6 Å². The number of pyridine rings is 1. The molecule has 1 N–H and O–H groups in total. The fourth-order valence-corrected chi connectivity index (χ4v) is 5.02. The van der Waals surface area contributed by atoms with Crippen LogP contribution in [0.15, 0.2) is 83.7 Å². The average Bonchev–Trinajstić information content (AvgIpc) is 3.45. The van der Waals surface area contributed by atoms with Crippen LogP contribution in [0.3, 0.4) is 0 Å². The lowest BCUT2D eigenvalue weighted by Crippen LogP contribution is -2.32. The zero-order chi connectivity index (χ0) is 27.9. The van der Waals surface area contributed by atoms with Crippen LogP contribution in [0, 0.1) is 0 Å². The highest BCUT2D eigenvalue weighted by molar-refractivity contribution is 5.80. The number of nitrogens with zero attached hydrogens (tertiary/aromatic N) is 5. The van der Waals surface area contributed by atoms with Crippen molar-refractivity contribution >= 4 is 10.9 Å². The zero-order valence-corrected chi connectivity index (χ0v) is 23.1. The monoisotopic (exact) mass is 538 g/mol. The molecular weight excluding hydrogens is 504 g/mol. The third kappa shape index (κ3) is 6.21. The highest BCUT2D eigenvalue weighted by Crippen LogP contribution is 2.28. The number of aromatic nitrogens is 5. The number of tetrazole rings is 1. The van der Waals surface area contributed by atoms with Crippen molar-refractivity contribution in [3.05, 3.63) is 112 Å². The molecular formula is C31H34N6O3. The van der Waals surface area contributed by atoms with E-state index >= 15 is 0 Å². The summed E-state index contributed by atoms with van der Waals surface area (Å²) in [7, 11) is 3.27. The van der Waals surface area contributed by atoms with Crippen molar-refractivity contribution in [3.63, 3.8) is 0 Å². The number of ether oxygens (including phenoxy) is 2. The third-order valence-corrected chi connectivity index (χ3v) is 7.19. The number of hydrogen-bond donors (Lipinski definition) is 1. The van der Waals surface area contributed by atoms with Crippen LogP contribution in [-0.4, -0.2) is 44.3 Å². The lowest BCUT2D eigenvalue weighted by molar-refractivity contribution is 0.160. The van der Waals surface area contributed by atoms with Gasteiger partial charge in [0.2, 0.25) is 0 Å². The minimum absolute atomic E-state index is 0.112. The van der Waals surface area contributed by atoms with Crippen molar-refractivity contribution in [3.8, 4) is 11.5 Å². The van der Waals surface area contributed by atoms with E-state index in [0.717, 1.165) is 40.9 Å². The average molecular weight is 539 g/mol. The number of fused-ring (bicyclic) bond motifs is 1. The Morgan fingerprint density at radius 1 is 0.900 bits per heavy atom. The molecule has 2 aromatic heterocycles. The molecule has 9 nitrogen and oxygen atoms in total. The first-order valence-corrected chi connectivity index (χ1v) is 13.4. The first-order chi connectivity index (χ1) is 19.6. The molecule has 1 unspecified atom stereocenters. The highest BCUT2D eigenvalue weighted by atomic mass is 16.5. The maximum atomic E-state index is 13.2. The second-order valence-corrected chi connectivity index (χ2v) is 9.75. The van der Waals surface area contributed by atoms with Crippen LogP contribution in [0.1, 0.15) is 41.9 Å². The van der Waals surface area contributed by atoms with Crippen molar-refractivity contribution in [1.82, 2.24) is 30.1 Å². The summed E-state index contributed by atoms with van der Waals surface area (Å²) in [5, 5.41) is 13.8. The predicted octanol–water partition coefficient (Wildman–Crippen LogP) is 4.93. The van der Waals surface area contributed by atoms with Gasteiger partial charge in [0.25, 0.3) is 5.56 Å². The molecule has 0 spiro atoms. The summed E-state index contributed by atoms with van der Waals surface area (Å²) >= 11 is 0. The Morgan fingerprint density at radius 2 is 1.65 bits per heavy atom. The topological polar surface area (TPSA) is 98.2 Å². The van der Waals surface area contributed by atoms with E-state index < -0.39 is 0 Å². The van der Waals surface area contributed by atoms with Gasteiger partial charge in [-0.3, -0.25) is 9.69 Å². The van der Waals surface area contributed by atoms with Crippen LogP contribution in [0.25, 0.3) is 10.9 Å². The molecule has 0 saturated carbocycles. The molecule has 3 aromatic carbocycles. The smallest absolute Gasteiger partial charge is 0.252 e. The van der Waals surface area contributed by atoms with E-state index in [0.29, 0.717) is 30.9 Å².